The summed E-state index contributed by atoms with van der Waals surface area (Å²) in [5.74, 6) is 0. The maximum absolute atomic E-state index is 2.47. The van der Waals surface area contributed by atoms with Crippen LogP contribution in [0.25, 0.3) is 0 Å². The van der Waals surface area contributed by atoms with Gasteiger partial charge in [-0.05, 0) is 55.2 Å². The van der Waals surface area contributed by atoms with Gasteiger partial charge in [-0.2, -0.15) is 0 Å². The van der Waals surface area contributed by atoms with Gasteiger partial charge < -0.3 is 0 Å². The van der Waals surface area contributed by atoms with Crippen LogP contribution in [0, 0.1) is 0 Å². The van der Waals surface area contributed by atoms with Gasteiger partial charge in [0, 0.05) is 0 Å². The number of rotatable bonds is 45. The molecule has 1 aromatic rings. The van der Waals surface area contributed by atoms with Crippen LogP contribution in [0.1, 0.15) is 307 Å². The molecule has 0 heterocycles. The van der Waals surface area contributed by atoms with Crippen LogP contribution in [0.4, 0.5) is 0 Å². The van der Waals surface area contributed by atoms with Crippen molar-refractivity contribution in [3.8, 4) is 0 Å². The molecule has 0 atom stereocenters. The van der Waals surface area contributed by atoms with E-state index < -0.39 is 0 Å². The molecule has 0 heteroatoms. The fourth-order valence-corrected chi connectivity index (χ4v) is 8.97. The smallest absolute Gasteiger partial charge is 0.0274 e. The van der Waals surface area contributed by atoms with Gasteiger partial charge in [-0.25, -0.2) is 0 Å². The highest BCUT2D eigenvalue weighted by atomic mass is 14.1. The van der Waals surface area contributed by atoms with Crippen LogP contribution in [-0.4, -0.2) is 0 Å². The molecular formula is C54H102. The Morgan fingerprint density at radius 3 is 0.648 bits per heavy atom. The lowest BCUT2D eigenvalue weighted by atomic mass is 9.90. The van der Waals surface area contributed by atoms with Crippen molar-refractivity contribution >= 4 is 0 Å². The van der Waals surface area contributed by atoms with E-state index in [1.54, 1.807) is 16.7 Å². The van der Waals surface area contributed by atoms with E-state index in [0.29, 0.717) is 0 Å². The Morgan fingerprint density at radius 1 is 0.222 bits per heavy atom. The van der Waals surface area contributed by atoms with Gasteiger partial charge in [0.25, 0.3) is 0 Å². The standard InChI is InChI=1S/C54H102/c1-4-7-10-12-14-16-18-20-22-24-26-28-30-32-34-36-38-40-42-44-47-52-49-46-50-53(54(52)51-9-6-3)48-45-43-41-39-37-35-33-31-29-27-25-23-21-19-17-15-13-11-8-5-2/h46,49-50H,4-45,47-48,51H2,1-3H3. The lowest BCUT2D eigenvalue weighted by Gasteiger charge is -2.15. The molecule has 0 bridgehead atoms. The zero-order valence-electron chi connectivity index (χ0n) is 38.1. The van der Waals surface area contributed by atoms with Crippen molar-refractivity contribution < 1.29 is 0 Å². The quantitative estimate of drug-likeness (QED) is 0.0582. The number of aryl methyl sites for hydroxylation is 2. The molecule has 0 unspecified atom stereocenters. The number of hydrogen-bond donors (Lipinski definition) is 0. The predicted molar refractivity (Wildman–Crippen MR) is 248 cm³/mol. The minimum atomic E-state index is 1.31. The van der Waals surface area contributed by atoms with E-state index in [-0.39, 0.29) is 0 Å². The van der Waals surface area contributed by atoms with E-state index >= 15 is 0 Å². The molecule has 1 aromatic carbocycles. The molecule has 0 saturated heterocycles. The molecule has 0 saturated carbocycles. The number of hydrogen-bond acceptors (Lipinski definition) is 0. The zero-order chi connectivity index (χ0) is 38.7. The second-order valence-electron chi connectivity index (χ2n) is 18.1. The molecule has 0 spiro atoms. The topological polar surface area (TPSA) is 0 Å². The lowest BCUT2D eigenvalue weighted by Crippen LogP contribution is -2.02. The van der Waals surface area contributed by atoms with Crippen molar-refractivity contribution in [1.29, 1.82) is 0 Å². The third kappa shape index (κ3) is 34.5. The molecule has 0 aliphatic carbocycles. The van der Waals surface area contributed by atoms with Crippen LogP contribution >= 0.6 is 0 Å². The lowest BCUT2D eigenvalue weighted by molar-refractivity contribution is 0.521. The predicted octanol–water partition coefficient (Wildman–Crippen LogP) is 19.8. The molecule has 0 radical (unpaired) electrons. The van der Waals surface area contributed by atoms with Gasteiger partial charge in [-0.1, -0.05) is 289 Å². The molecule has 0 aromatic heterocycles. The summed E-state index contributed by atoms with van der Waals surface area (Å²) in [4.78, 5) is 0. The zero-order valence-corrected chi connectivity index (χ0v) is 38.1. The monoisotopic (exact) mass is 751 g/mol. The van der Waals surface area contributed by atoms with E-state index in [0.717, 1.165) is 0 Å². The average molecular weight is 751 g/mol. The fraction of sp³-hybridized carbons (Fsp3) is 0.889. The first kappa shape index (κ1) is 51.2. The van der Waals surface area contributed by atoms with Gasteiger partial charge in [0.2, 0.25) is 0 Å². The van der Waals surface area contributed by atoms with Crippen LogP contribution in [0.15, 0.2) is 18.2 Å². The summed E-state index contributed by atoms with van der Waals surface area (Å²) in [5.41, 5.74) is 5.13. The summed E-state index contributed by atoms with van der Waals surface area (Å²) in [6.45, 7) is 6.99. The Morgan fingerprint density at radius 2 is 0.426 bits per heavy atom. The molecule has 0 aliphatic rings. The Labute approximate surface area is 343 Å². The first-order chi connectivity index (χ1) is 26.8. The van der Waals surface area contributed by atoms with Crippen LogP contribution in [0.3, 0.4) is 0 Å². The largest absolute Gasteiger partial charge is 0.0654 e. The van der Waals surface area contributed by atoms with Gasteiger partial charge in [-0.3, -0.25) is 0 Å². The van der Waals surface area contributed by atoms with E-state index in [1.165, 1.54) is 289 Å². The van der Waals surface area contributed by atoms with E-state index in [4.69, 9.17) is 0 Å². The molecule has 0 N–H and O–H groups in total. The minimum absolute atomic E-state index is 1.31. The summed E-state index contributed by atoms with van der Waals surface area (Å²) in [5, 5.41) is 0. The Bertz CT molecular complexity index is 774. The molecule has 0 fully saturated rings. The molecular weight excluding hydrogens is 649 g/mol. The first-order valence-corrected chi connectivity index (χ1v) is 25.9. The maximum atomic E-state index is 2.47. The number of unbranched alkanes of at least 4 members (excludes halogenated alkanes) is 39. The molecule has 54 heavy (non-hydrogen) atoms. The molecule has 0 amide bonds. The van der Waals surface area contributed by atoms with E-state index in [9.17, 15) is 0 Å². The Balaban J connectivity index is 2.00. The first-order valence-electron chi connectivity index (χ1n) is 25.9. The van der Waals surface area contributed by atoms with Crippen LogP contribution < -0.4 is 0 Å². The third-order valence-corrected chi connectivity index (χ3v) is 12.7. The molecule has 318 valence electrons. The fourth-order valence-electron chi connectivity index (χ4n) is 8.97. The van der Waals surface area contributed by atoms with Crippen molar-refractivity contribution in [2.45, 2.75) is 310 Å². The third-order valence-electron chi connectivity index (χ3n) is 12.7. The van der Waals surface area contributed by atoms with Crippen molar-refractivity contribution in [2.75, 3.05) is 0 Å². The highest BCUT2D eigenvalue weighted by molar-refractivity contribution is 5.36. The SMILES string of the molecule is CCCCCCCCCCCCCCCCCCCCCCc1cccc(CCCCCCCCCCCCCCCCCCCCCC)c1CCCC. The second kappa shape index (κ2) is 43.3. The van der Waals surface area contributed by atoms with Gasteiger partial charge >= 0.3 is 0 Å². The normalized spacial score (nSPS) is 11.6. The van der Waals surface area contributed by atoms with Crippen LogP contribution in [0.2, 0.25) is 0 Å². The summed E-state index contributed by atoms with van der Waals surface area (Å²) in [6.07, 6.45) is 65.1. The van der Waals surface area contributed by atoms with Crippen molar-refractivity contribution in [3.05, 3.63) is 34.9 Å². The Kier molecular flexibility index (Phi) is 41.1. The minimum Gasteiger partial charge on any atom is -0.0654 e. The summed E-state index contributed by atoms with van der Waals surface area (Å²) in [6, 6.07) is 7.33. The highest BCUT2D eigenvalue weighted by Gasteiger charge is 2.09. The maximum Gasteiger partial charge on any atom is -0.0274 e. The summed E-state index contributed by atoms with van der Waals surface area (Å²) in [7, 11) is 0. The number of benzene rings is 1. The van der Waals surface area contributed by atoms with Gasteiger partial charge in [0.05, 0.1) is 0 Å². The van der Waals surface area contributed by atoms with Crippen molar-refractivity contribution in [2.24, 2.45) is 0 Å². The highest BCUT2D eigenvalue weighted by Crippen LogP contribution is 2.24. The summed E-state index contributed by atoms with van der Waals surface area (Å²) < 4.78 is 0. The second-order valence-corrected chi connectivity index (χ2v) is 18.1. The van der Waals surface area contributed by atoms with Gasteiger partial charge in [0.1, 0.15) is 0 Å². The molecule has 1 rings (SSSR count). The van der Waals surface area contributed by atoms with E-state index in [1.807, 2.05) is 0 Å². The molecule has 0 nitrogen and oxygen atoms in total. The molecule has 0 aliphatic heterocycles. The van der Waals surface area contributed by atoms with Gasteiger partial charge in [-0.15, -0.1) is 0 Å². The average Bonchev–Trinajstić information content (AvgIpc) is 3.19. The van der Waals surface area contributed by atoms with Gasteiger partial charge in [0.15, 0.2) is 0 Å². The summed E-state index contributed by atoms with van der Waals surface area (Å²) >= 11 is 0. The van der Waals surface area contributed by atoms with Crippen LogP contribution in [-0.2, 0) is 19.3 Å². The van der Waals surface area contributed by atoms with Crippen molar-refractivity contribution in [1.82, 2.24) is 0 Å². The van der Waals surface area contributed by atoms with Crippen molar-refractivity contribution in [3.63, 3.8) is 0 Å². The van der Waals surface area contributed by atoms with Crippen LogP contribution in [0.5, 0.6) is 0 Å². The van der Waals surface area contributed by atoms with E-state index in [2.05, 4.69) is 39.0 Å². The Hall–Kier alpha value is -0.780.